The lowest BCUT2D eigenvalue weighted by molar-refractivity contribution is -0.187. The van der Waals surface area contributed by atoms with Gasteiger partial charge in [-0.15, -0.1) is 0 Å². The molecule has 0 aromatic rings. The number of rotatable bonds is 9. The SMILES string of the molecule is CCOC(=O)C(C(=O)OCC)[C@@H]1CC(C(=O)OC)(C(=O)OC)[C@@H]1SC(=S)OCC. The summed E-state index contributed by atoms with van der Waals surface area (Å²) in [4.78, 5) is 50.2. The van der Waals surface area contributed by atoms with Gasteiger partial charge in [0, 0.05) is 5.25 Å². The van der Waals surface area contributed by atoms with E-state index in [9.17, 15) is 19.2 Å². The van der Waals surface area contributed by atoms with Crippen LogP contribution in [0, 0.1) is 17.3 Å². The summed E-state index contributed by atoms with van der Waals surface area (Å²) in [5.74, 6) is -5.40. The Morgan fingerprint density at radius 1 is 0.931 bits per heavy atom. The number of carbonyl (C=O) groups excluding carboxylic acids is 4. The molecule has 0 aliphatic heterocycles. The fraction of sp³-hybridized carbons (Fsp3) is 0.722. The molecule has 1 rings (SSSR count). The highest BCUT2D eigenvalue weighted by Gasteiger charge is 2.69. The van der Waals surface area contributed by atoms with Crippen LogP contribution in [0.3, 0.4) is 0 Å². The maximum absolute atomic E-state index is 12.6. The fourth-order valence-electron chi connectivity index (χ4n) is 3.29. The Labute approximate surface area is 179 Å². The largest absolute Gasteiger partial charge is 0.479 e. The number of hydrogen-bond acceptors (Lipinski definition) is 11. The van der Waals surface area contributed by atoms with Gasteiger partial charge in [0.15, 0.2) is 11.3 Å². The molecule has 1 aliphatic carbocycles. The number of esters is 4. The van der Waals surface area contributed by atoms with Gasteiger partial charge in [-0.3, -0.25) is 19.2 Å². The highest BCUT2D eigenvalue weighted by molar-refractivity contribution is 8.23. The monoisotopic (exact) mass is 450 g/mol. The van der Waals surface area contributed by atoms with Crippen LogP contribution in [0.4, 0.5) is 0 Å². The third-order valence-corrected chi connectivity index (χ3v) is 6.25. The Morgan fingerprint density at radius 3 is 1.76 bits per heavy atom. The van der Waals surface area contributed by atoms with E-state index in [0.29, 0.717) is 0 Å². The molecule has 0 aromatic carbocycles. The summed E-state index contributed by atoms with van der Waals surface area (Å²) in [7, 11) is 2.27. The second-order valence-electron chi connectivity index (χ2n) is 6.03. The molecule has 0 N–H and O–H groups in total. The summed E-state index contributed by atoms with van der Waals surface area (Å²) in [5.41, 5.74) is -1.74. The van der Waals surface area contributed by atoms with Crippen LogP contribution >= 0.6 is 24.0 Å². The van der Waals surface area contributed by atoms with Crippen LogP contribution in [-0.4, -0.2) is 67.6 Å². The molecule has 0 radical (unpaired) electrons. The van der Waals surface area contributed by atoms with E-state index in [0.717, 1.165) is 26.0 Å². The van der Waals surface area contributed by atoms with Crippen LogP contribution in [0.2, 0.25) is 0 Å². The molecule has 0 saturated heterocycles. The second-order valence-corrected chi connectivity index (χ2v) is 7.77. The molecule has 0 amide bonds. The molecule has 0 unspecified atom stereocenters. The lowest BCUT2D eigenvalue weighted by Gasteiger charge is -2.51. The van der Waals surface area contributed by atoms with E-state index in [1.807, 2.05) is 0 Å². The Balaban J connectivity index is 3.39. The van der Waals surface area contributed by atoms with Crippen LogP contribution in [0.15, 0.2) is 0 Å². The molecule has 0 spiro atoms. The number of thioether (sulfide) groups is 1. The summed E-state index contributed by atoms with van der Waals surface area (Å²) in [6, 6.07) is 0. The highest BCUT2D eigenvalue weighted by atomic mass is 32.2. The molecule has 0 heterocycles. The van der Waals surface area contributed by atoms with Gasteiger partial charge in [0.1, 0.15) is 0 Å². The van der Waals surface area contributed by atoms with Gasteiger partial charge in [-0.05, 0) is 45.3 Å². The summed E-state index contributed by atoms with van der Waals surface area (Å²) < 4.78 is 25.0. The predicted molar refractivity (Wildman–Crippen MR) is 107 cm³/mol. The lowest BCUT2D eigenvalue weighted by Crippen LogP contribution is -2.64. The minimum Gasteiger partial charge on any atom is -0.479 e. The first-order chi connectivity index (χ1) is 13.7. The summed E-state index contributed by atoms with van der Waals surface area (Å²) in [6.45, 7) is 5.30. The first kappa shape index (κ1) is 25.2. The normalized spacial score (nSPS) is 19.5. The van der Waals surface area contributed by atoms with Crippen molar-refractivity contribution in [3.63, 3.8) is 0 Å². The highest BCUT2D eigenvalue weighted by Crippen LogP contribution is 2.57. The smallest absolute Gasteiger partial charge is 0.324 e. The Morgan fingerprint density at radius 2 is 1.38 bits per heavy atom. The van der Waals surface area contributed by atoms with Gasteiger partial charge in [-0.1, -0.05) is 11.8 Å². The Bertz CT molecular complexity index is 615. The number of carbonyl (C=O) groups is 4. The van der Waals surface area contributed by atoms with Gasteiger partial charge in [-0.25, -0.2) is 0 Å². The van der Waals surface area contributed by atoms with Crippen molar-refractivity contribution < 1.29 is 42.9 Å². The summed E-state index contributed by atoms with van der Waals surface area (Å²) in [5, 5.41) is -0.944. The van der Waals surface area contributed by atoms with Crippen LogP contribution in [0.5, 0.6) is 0 Å². The van der Waals surface area contributed by atoms with Crippen molar-refractivity contribution >= 4 is 52.2 Å². The zero-order valence-electron chi connectivity index (χ0n) is 17.1. The number of hydrogen-bond donors (Lipinski definition) is 0. The zero-order valence-corrected chi connectivity index (χ0v) is 18.7. The van der Waals surface area contributed by atoms with E-state index in [4.69, 9.17) is 35.9 Å². The second kappa shape index (κ2) is 11.3. The summed E-state index contributed by atoms with van der Waals surface area (Å²) in [6.07, 6.45) is -0.166. The van der Waals surface area contributed by atoms with Gasteiger partial charge in [0.25, 0.3) is 0 Å². The maximum Gasteiger partial charge on any atom is 0.324 e. The molecule has 2 atom stereocenters. The minimum atomic E-state index is -1.74. The third kappa shape index (κ3) is 5.19. The van der Waals surface area contributed by atoms with Crippen molar-refractivity contribution in [2.24, 2.45) is 17.3 Å². The Kier molecular flexibility index (Phi) is 9.84. The van der Waals surface area contributed by atoms with Crippen LogP contribution in [0.25, 0.3) is 0 Å². The molecule has 0 aromatic heterocycles. The van der Waals surface area contributed by atoms with Crippen molar-refractivity contribution in [1.29, 1.82) is 0 Å². The average molecular weight is 451 g/mol. The van der Waals surface area contributed by atoms with Gasteiger partial charge in [-0.2, -0.15) is 0 Å². The standard InChI is InChI=1S/C18H26O9S2/c1-6-25-13(19)11(14(20)26-7-2)10-9-18(15(21)23-4,16(22)24-5)12(10)29-17(28)27-8-3/h10-12H,6-9H2,1-5H3/t10-,12+/m0/s1. The fourth-order valence-corrected chi connectivity index (χ4v) is 5.03. The lowest BCUT2D eigenvalue weighted by atomic mass is 9.57. The van der Waals surface area contributed by atoms with Crippen molar-refractivity contribution in [2.45, 2.75) is 32.4 Å². The van der Waals surface area contributed by atoms with Gasteiger partial charge in [0.05, 0.1) is 34.0 Å². The maximum atomic E-state index is 12.6. The molecular weight excluding hydrogens is 424 g/mol. The van der Waals surface area contributed by atoms with Gasteiger partial charge < -0.3 is 23.7 Å². The molecule has 1 fully saturated rings. The molecule has 11 heteroatoms. The van der Waals surface area contributed by atoms with Gasteiger partial charge >= 0.3 is 23.9 Å². The minimum absolute atomic E-state index is 0.0514. The summed E-state index contributed by atoms with van der Waals surface area (Å²) >= 11 is 6.06. The van der Waals surface area contributed by atoms with E-state index < -0.39 is 46.4 Å². The van der Waals surface area contributed by atoms with E-state index in [1.165, 1.54) is 0 Å². The van der Waals surface area contributed by atoms with E-state index in [1.54, 1.807) is 20.8 Å². The number of ether oxygens (including phenoxy) is 5. The van der Waals surface area contributed by atoms with Crippen LogP contribution in [0.1, 0.15) is 27.2 Å². The molecule has 0 bridgehead atoms. The van der Waals surface area contributed by atoms with Gasteiger partial charge in [0.2, 0.25) is 4.38 Å². The molecule has 1 aliphatic rings. The van der Waals surface area contributed by atoms with E-state index >= 15 is 0 Å². The molecule has 1 saturated carbocycles. The number of thiocarbonyl (C=S) groups is 1. The number of methoxy groups -OCH3 is 2. The van der Waals surface area contributed by atoms with Crippen molar-refractivity contribution in [1.82, 2.24) is 0 Å². The molecular formula is C18H26O9S2. The van der Waals surface area contributed by atoms with E-state index in [-0.39, 0.29) is 30.6 Å². The molecule has 9 nitrogen and oxygen atoms in total. The van der Waals surface area contributed by atoms with Crippen molar-refractivity contribution in [3.8, 4) is 0 Å². The third-order valence-electron chi connectivity index (χ3n) is 4.53. The van der Waals surface area contributed by atoms with Crippen molar-refractivity contribution in [2.75, 3.05) is 34.0 Å². The quantitative estimate of drug-likeness (QED) is 0.220. The first-order valence-electron chi connectivity index (χ1n) is 9.08. The van der Waals surface area contributed by atoms with Crippen LogP contribution in [-0.2, 0) is 42.9 Å². The van der Waals surface area contributed by atoms with E-state index in [2.05, 4.69) is 0 Å². The van der Waals surface area contributed by atoms with Crippen LogP contribution < -0.4 is 0 Å². The Hall–Kier alpha value is -1.88. The first-order valence-corrected chi connectivity index (χ1v) is 10.4. The average Bonchev–Trinajstić information content (AvgIpc) is 2.68. The zero-order chi connectivity index (χ0) is 22.2. The topological polar surface area (TPSA) is 114 Å². The van der Waals surface area contributed by atoms with Crippen molar-refractivity contribution in [3.05, 3.63) is 0 Å². The predicted octanol–water partition coefficient (Wildman–Crippen LogP) is 1.50. The molecule has 29 heavy (non-hydrogen) atoms. The molecule has 164 valence electrons.